The summed E-state index contributed by atoms with van der Waals surface area (Å²) in [5.41, 5.74) is 1.80. The van der Waals surface area contributed by atoms with Gasteiger partial charge in [-0.1, -0.05) is 55.3 Å². The van der Waals surface area contributed by atoms with Crippen molar-refractivity contribution in [1.29, 1.82) is 0 Å². The number of carbonyl (C=O) groups is 3. The number of nitrogens with zero attached hydrogens (tertiary/aromatic N) is 3. The highest BCUT2D eigenvalue weighted by molar-refractivity contribution is 6.10. The maximum Gasteiger partial charge on any atom is 0.325 e. The zero-order valence-electron chi connectivity index (χ0n) is 18.7. The molecule has 170 valence electrons. The van der Waals surface area contributed by atoms with Crippen LogP contribution < -0.4 is 10.6 Å². The van der Waals surface area contributed by atoms with Crippen molar-refractivity contribution in [3.8, 4) is 0 Å². The summed E-state index contributed by atoms with van der Waals surface area (Å²) in [6.07, 6.45) is 3.02. The predicted molar refractivity (Wildman–Crippen MR) is 123 cm³/mol. The molecular weight excluding hydrogens is 418 g/mol. The van der Waals surface area contributed by atoms with Gasteiger partial charge in [-0.25, -0.2) is 14.7 Å². The molecule has 33 heavy (non-hydrogen) atoms. The number of aromatic nitrogens is 2. The van der Waals surface area contributed by atoms with Crippen molar-refractivity contribution in [3.05, 3.63) is 66.0 Å². The second-order valence-electron chi connectivity index (χ2n) is 8.94. The van der Waals surface area contributed by atoms with Crippen molar-refractivity contribution in [3.63, 3.8) is 0 Å². The van der Waals surface area contributed by atoms with Gasteiger partial charge in [-0.3, -0.25) is 9.59 Å². The quantitative estimate of drug-likeness (QED) is 0.590. The highest BCUT2D eigenvalue weighted by atomic mass is 16.2. The molecule has 8 nitrogen and oxygen atoms in total. The summed E-state index contributed by atoms with van der Waals surface area (Å²) in [5.74, 6) is -0.0338. The van der Waals surface area contributed by atoms with Crippen LogP contribution in [0.5, 0.6) is 0 Å². The highest BCUT2D eigenvalue weighted by Gasteiger charge is 2.54. The Labute approximate surface area is 192 Å². The number of nitrogens with one attached hydrogen (secondary N) is 2. The third-order valence-corrected chi connectivity index (χ3v) is 6.92. The molecule has 1 saturated carbocycles. The standard InChI is InChI=1S/C25H27N5O3/c1-16(30-23(32)25(28-24(30)33)14-8-9-15-25)22(31)27-20(17-10-4-3-5-11-17)21-26-18-12-6-7-13-19(18)29(21)2/h3-7,10-13,16,20H,8-9,14-15H2,1-2H3,(H,27,31)(H,28,33). The summed E-state index contributed by atoms with van der Waals surface area (Å²) in [6, 6.07) is 15.4. The minimum Gasteiger partial charge on any atom is -0.340 e. The lowest BCUT2D eigenvalue weighted by atomic mass is 9.97. The molecule has 2 unspecified atom stereocenters. The fraction of sp³-hybridized carbons (Fsp3) is 0.360. The molecule has 2 aliphatic rings. The number of para-hydroxylation sites is 2. The number of hydrogen-bond donors (Lipinski definition) is 2. The van der Waals surface area contributed by atoms with Gasteiger partial charge < -0.3 is 15.2 Å². The number of aryl methyl sites for hydroxylation is 1. The molecule has 1 spiro atoms. The molecule has 1 aliphatic heterocycles. The lowest BCUT2D eigenvalue weighted by Gasteiger charge is -2.26. The molecule has 4 amide bonds. The van der Waals surface area contributed by atoms with E-state index in [4.69, 9.17) is 4.98 Å². The van der Waals surface area contributed by atoms with E-state index in [1.54, 1.807) is 6.92 Å². The van der Waals surface area contributed by atoms with Crippen molar-refractivity contribution in [2.24, 2.45) is 7.05 Å². The van der Waals surface area contributed by atoms with Gasteiger partial charge in [0.2, 0.25) is 5.91 Å². The molecule has 1 saturated heterocycles. The summed E-state index contributed by atoms with van der Waals surface area (Å²) in [5, 5.41) is 5.90. The van der Waals surface area contributed by atoms with Crippen molar-refractivity contribution in [2.75, 3.05) is 0 Å². The maximum atomic E-state index is 13.4. The zero-order valence-corrected chi connectivity index (χ0v) is 18.7. The Kier molecular flexibility index (Phi) is 5.15. The zero-order chi connectivity index (χ0) is 23.2. The van der Waals surface area contributed by atoms with Crippen LogP contribution in [0.25, 0.3) is 11.0 Å². The number of imide groups is 1. The Hall–Kier alpha value is -3.68. The van der Waals surface area contributed by atoms with E-state index in [9.17, 15) is 14.4 Å². The van der Waals surface area contributed by atoms with Gasteiger partial charge in [-0.15, -0.1) is 0 Å². The third kappa shape index (κ3) is 3.46. The summed E-state index contributed by atoms with van der Waals surface area (Å²) in [6.45, 7) is 1.60. The van der Waals surface area contributed by atoms with E-state index in [1.807, 2.05) is 66.2 Å². The van der Waals surface area contributed by atoms with Gasteiger partial charge >= 0.3 is 6.03 Å². The lowest BCUT2D eigenvalue weighted by molar-refractivity contribution is -0.138. The van der Waals surface area contributed by atoms with Gasteiger partial charge in [0.25, 0.3) is 5.91 Å². The van der Waals surface area contributed by atoms with Crippen LogP contribution in [0.2, 0.25) is 0 Å². The van der Waals surface area contributed by atoms with Crippen LogP contribution in [-0.2, 0) is 16.6 Å². The summed E-state index contributed by atoms with van der Waals surface area (Å²) < 4.78 is 1.96. The number of imidazole rings is 1. The Morgan fingerprint density at radius 2 is 1.73 bits per heavy atom. The van der Waals surface area contributed by atoms with Gasteiger partial charge in [0, 0.05) is 7.05 Å². The fourth-order valence-corrected chi connectivity index (χ4v) is 5.06. The van der Waals surface area contributed by atoms with Gasteiger partial charge in [-0.2, -0.15) is 0 Å². The van der Waals surface area contributed by atoms with E-state index < -0.39 is 29.6 Å². The first-order valence-corrected chi connectivity index (χ1v) is 11.3. The van der Waals surface area contributed by atoms with Crippen molar-refractivity contribution in [2.45, 2.75) is 50.2 Å². The van der Waals surface area contributed by atoms with Crippen LogP contribution in [0.15, 0.2) is 54.6 Å². The van der Waals surface area contributed by atoms with Crippen LogP contribution in [0, 0.1) is 0 Å². The maximum absolute atomic E-state index is 13.4. The first kappa shape index (κ1) is 21.2. The Bertz CT molecular complexity index is 1230. The molecule has 3 aromatic rings. The summed E-state index contributed by atoms with van der Waals surface area (Å²) in [4.78, 5) is 45.1. The van der Waals surface area contributed by atoms with Crippen molar-refractivity contribution >= 4 is 28.9 Å². The van der Waals surface area contributed by atoms with Crippen molar-refractivity contribution < 1.29 is 14.4 Å². The van der Waals surface area contributed by atoms with E-state index in [2.05, 4.69) is 10.6 Å². The van der Waals surface area contributed by atoms with Gasteiger partial charge in [-0.05, 0) is 37.5 Å². The first-order valence-electron chi connectivity index (χ1n) is 11.3. The number of amides is 4. The molecular formula is C25H27N5O3. The minimum atomic E-state index is -0.946. The molecule has 2 fully saturated rings. The van der Waals surface area contributed by atoms with Crippen LogP contribution in [0.3, 0.4) is 0 Å². The molecule has 8 heteroatoms. The average Bonchev–Trinajstić information content (AvgIpc) is 3.49. The molecule has 2 atom stereocenters. The van der Waals surface area contributed by atoms with Crippen LogP contribution in [-0.4, -0.2) is 43.9 Å². The fourth-order valence-electron chi connectivity index (χ4n) is 5.06. The van der Waals surface area contributed by atoms with Crippen LogP contribution >= 0.6 is 0 Å². The van der Waals surface area contributed by atoms with E-state index in [0.717, 1.165) is 34.3 Å². The number of rotatable bonds is 5. The van der Waals surface area contributed by atoms with Crippen LogP contribution in [0.1, 0.15) is 50.0 Å². The third-order valence-electron chi connectivity index (χ3n) is 6.92. The lowest BCUT2D eigenvalue weighted by Crippen LogP contribution is -2.50. The Morgan fingerprint density at radius 3 is 2.42 bits per heavy atom. The largest absolute Gasteiger partial charge is 0.340 e. The summed E-state index contributed by atoms with van der Waals surface area (Å²) >= 11 is 0. The van der Waals surface area contributed by atoms with E-state index in [-0.39, 0.29) is 5.91 Å². The molecule has 2 aromatic carbocycles. The van der Waals surface area contributed by atoms with E-state index >= 15 is 0 Å². The number of carbonyl (C=O) groups excluding carboxylic acids is 3. The summed E-state index contributed by atoms with van der Waals surface area (Å²) in [7, 11) is 1.91. The highest BCUT2D eigenvalue weighted by Crippen LogP contribution is 2.36. The Balaban J connectivity index is 1.46. The normalized spacial score (nSPS) is 19.2. The number of hydrogen-bond acceptors (Lipinski definition) is 4. The Morgan fingerprint density at radius 1 is 1.06 bits per heavy atom. The molecule has 2 heterocycles. The monoisotopic (exact) mass is 445 g/mol. The number of fused-ring (bicyclic) bond motifs is 1. The second-order valence-corrected chi connectivity index (χ2v) is 8.94. The van der Waals surface area contributed by atoms with Gasteiger partial charge in [0.1, 0.15) is 23.4 Å². The molecule has 5 rings (SSSR count). The van der Waals surface area contributed by atoms with Gasteiger partial charge in [0.15, 0.2) is 0 Å². The second kappa shape index (κ2) is 8.03. The van der Waals surface area contributed by atoms with Crippen LogP contribution in [0.4, 0.5) is 4.79 Å². The topological polar surface area (TPSA) is 96.3 Å². The predicted octanol–water partition coefficient (Wildman–Crippen LogP) is 3.03. The van der Waals surface area contributed by atoms with E-state index in [1.165, 1.54) is 0 Å². The SMILES string of the molecule is CC(C(=O)NC(c1ccccc1)c1nc2ccccc2n1C)N1C(=O)NC2(CCCC2)C1=O. The number of benzene rings is 2. The first-order chi connectivity index (χ1) is 15.9. The van der Waals surface area contributed by atoms with E-state index in [0.29, 0.717) is 18.7 Å². The van der Waals surface area contributed by atoms with Crippen molar-refractivity contribution in [1.82, 2.24) is 25.1 Å². The molecule has 0 radical (unpaired) electrons. The molecule has 0 bridgehead atoms. The number of urea groups is 1. The minimum absolute atomic E-state index is 0.299. The smallest absolute Gasteiger partial charge is 0.325 e. The molecule has 2 N–H and O–H groups in total. The molecule has 1 aromatic heterocycles. The van der Waals surface area contributed by atoms with Gasteiger partial charge in [0.05, 0.1) is 11.0 Å². The average molecular weight is 446 g/mol. The molecule has 1 aliphatic carbocycles.